The molecule has 0 aliphatic heterocycles. The van der Waals surface area contributed by atoms with E-state index in [2.05, 4.69) is 0 Å². The number of primary amides is 1. The molecule has 1 aromatic rings. The van der Waals surface area contributed by atoms with Crippen LogP contribution in [0.25, 0.3) is 0 Å². The summed E-state index contributed by atoms with van der Waals surface area (Å²) in [5.74, 6) is -0.0910. The van der Waals surface area contributed by atoms with Crippen molar-refractivity contribution in [2.75, 3.05) is 13.2 Å². The van der Waals surface area contributed by atoms with Crippen LogP contribution in [-0.2, 0) is 9.53 Å². The van der Waals surface area contributed by atoms with E-state index in [0.717, 1.165) is 6.42 Å². The van der Waals surface area contributed by atoms with Crippen LogP contribution in [0, 0.1) is 0 Å². The topological polar surface area (TPSA) is 78.6 Å². The smallest absolute Gasteiger partial charge is 0.305 e. The van der Waals surface area contributed by atoms with E-state index in [1.54, 1.807) is 24.3 Å². The quantitative estimate of drug-likeness (QED) is 0.588. The Balaban J connectivity index is 2.27. The lowest BCUT2D eigenvalue weighted by Gasteiger charge is -2.07. The van der Waals surface area contributed by atoms with Crippen LogP contribution in [-0.4, -0.2) is 25.1 Å². The molecule has 0 atom stereocenters. The largest absolute Gasteiger partial charge is 0.490 e. The highest BCUT2D eigenvalue weighted by atomic mass is 16.6. The normalized spacial score (nSPS) is 9.83. The number of ether oxygens (including phenoxy) is 2. The highest BCUT2D eigenvalue weighted by Crippen LogP contribution is 2.11. The molecule has 1 amide bonds. The number of benzene rings is 1. The maximum absolute atomic E-state index is 11.0. The van der Waals surface area contributed by atoms with Gasteiger partial charge in [-0.15, -0.1) is 0 Å². The second-order valence-electron chi connectivity index (χ2n) is 3.71. The predicted molar refractivity (Wildman–Crippen MR) is 66.3 cm³/mol. The first-order chi connectivity index (χ1) is 8.63. The van der Waals surface area contributed by atoms with Gasteiger partial charge in [-0.2, -0.15) is 0 Å². The highest BCUT2D eigenvalue weighted by molar-refractivity contribution is 5.92. The monoisotopic (exact) mass is 251 g/mol. The Labute approximate surface area is 106 Å². The molecular weight excluding hydrogens is 234 g/mol. The fourth-order valence-corrected chi connectivity index (χ4v) is 1.31. The summed E-state index contributed by atoms with van der Waals surface area (Å²) in [6.07, 6.45) is 1.20. The van der Waals surface area contributed by atoms with Crippen molar-refractivity contribution in [1.29, 1.82) is 0 Å². The van der Waals surface area contributed by atoms with Gasteiger partial charge in [0.15, 0.2) is 0 Å². The minimum absolute atomic E-state index is 0.217. The van der Waals surface area contributed by atoms with Gasteiger partial charge < -0.3 is 15.2 Å². The van der Waals surface area contributed by atoms with E-state index in [-0.39, 0.29) is 19.2 Å². The lowest BCUT2D eigenvalue weighted by atomic mass is 10.2. The number of esters is 1. The number of rotatable bonds is 7. The molecule has 18 heavy (non-hydrogen) atoms. The van der Waals surface area contributed by atoms with Crippen LogP contribution in [0.1, 0.15) is 30.1 Å². The zero-order chi connectivity index (χ0) is 13.4. The van der Waals surface area contributed by atoms with E-state index < -0.39 is 5.91 Å². The highest BCUT2D eigenvalue weighted by Gasteiger charge is 2.02. The van der Waals surface area contributed by atoms with Crippen molar-refractivity contribution in [2.45, 2.75) is 19.8 Å². The summed E-state index contributed by atoms with van der Waals surface area (Å²) in [5.41, 5.74) is 5.54. The average molecular weight is 251 g/mol. The summed E-state index contributed by atoms with van der Waals surface area (Å²) in [5, 5.41) is 0. The molecule has 0 aliphatic rings. The minimum Gasteiger partial charge on any atom is -0.490 e. The van der Waals surface area contributed by atoms with E-state index in [1.165, 1.54) is 0 Å². The van der Waals surface area contributed by atoms with E-state index >= 15 is 0 Å². The second kappa shape index (κ2) is 7.32. The number of hydrogen-bond donors (Lipinski definition) is 1. The molecular formula is C13H17NO4. The Hall–Kier alpha value is -2.04. The average Bonchev–Trinajstić information content (AvgIpc) is 2.35. The molecule has 0 aliphatic carbocycles. The fraction of sp³-hybridized carbons (Fsp3) is 0.385. The van der Waals surface area contributed by atoms with Gasteiger partial charge in [0.25, 0.3) is 0 Å². The van der Waals surface area contributed by atoms with E-state index in [1.807, 2.05) is 6.92 Å². The first-order valence-corrected chi connectivity index (χ1v) is 5.81. The Bertz CT molecular complexity index is 400. The Morgan fingerprint density at radius 2 is 1.83 bits per heavy atom. The van der Waals surface area contributed by atoms with Crippen LogP contribution in [0.5, 0.6) is 5.75 Å². The van der Waals surface area contributed by atoms with Gasteiger partial charge in [0.05, 0.1) is 0 Å². The van der Waals surface area contributed by atoms with Gasteiger partial charge in [-0.3, -0.25) is 9.59 Å². The fourth-order valence-electron chi connectivity index (χ4n) is 1.31. The maximum Gasteiger partial charge on any atom is 0.305 e. The zero-order valence-corrected chi connectivity index (χ0v) is 10.3. The van der Waals surface area contributed by atoms with E-state index in [4.69, 9.17) is 15.2 Å². The van der Waals surface area contributed by atoms with Crippen molar-refractivity contribution in [2.24, 2.45) is 5.73 Å². The molecule has 0 fully saturated rings. The lowest BCUT2D eigenvalue weighted by Crippen LogP contribution is -2.12. The SMILES string of the molecule is CCCC(=O)OCCOc1ccc(C(N)=O)cc1. The van der Waals surface area contributed by atoms with E-state index in [0.29, 0.717) is 17.7 Å². The molecule has 98 valence electrons. The molecule has 0 radical (unpaired) electrons. The van der Waals surface area contributed by atoms with Gasteiger partial charge in [0, 0.05) is 12.0 Å². The molecule has 0 bridgehead atoms. The maximum atomic E-state index is 11.0. The van der Waals surface area contributed by atoms with Crippen LogP contribution < -0.4 is 10.5 Å². The van der Waals surface area contributed by atoms with Crippen molar-refractivity contribution < 1.29 is 19.1 Å². The van der Waals surface area contributed by atoms with Crippen LogP contribution in [0.2, 0.25) is 0 Å². The molecule has 1 rings (SSSR count). The first kappa shape index (κ1) is 14.0. The van der Waals surface area contributed by atoms with Crippen LogP contribution in [0.15, 0.2) is 24.3 Å². The molecule has 2 N–H and O–H groups in total. The molecule has 0 saturated heterocycles. The summed E-state index contributed by atoms with van der Waals surface area (Å²) in [6.45, 7) is 2.42. The van der Waals surface area contributed by atoms with Gasteiger partial charge in [-0.05, 0) is 30.7 Å². The Morgan fingerprint density at radius 3 is 2.39 bits per heavy atom. The van der Waals surface area contributed by atoms with Gasteiger partial charge in [0.1, 0.15) is 19.0 Å². The van der Waals surface area contributed by atoms with Crippen molar-refractivity contribution in [3.63, 3.8) is 0 Å². The summed E-state index contributed by atoms with van der Waals surface area (Å²) in [6, 6.07) is 6.46. The lowest BCUT2D eigenvalue weighted by molar-refractivity contribution is -0.144. The second-order valence-corrected chi connectivity index (χ2v) is 3.71. The standard InChI is InChI=1S/C13H17NO4/c1-2-3-12(15)18-9-8-17-11-6-4-10(5-7-11)13(14)16/h4-7H,2-3,8-9H2,1H3,(H2,14,16). The minimum atomic E-state index is -0.477. The molecule has 1 aromatic carbocycles. The third-order valence-electron chi connectivity index (χ3n) is 2.21. The van der Waals surface area contributed by atoms with Crippen LogP contribution >= 0.6 is 0 Å². The van der Waals surface area contributed by atoms with Crippen molar-refractivity contribution in [1.82, 2.24) is 0 Å². The predicted octanol–water partition coefficient (Wildman–Crippen LogP) is 1.51. The van der Waals surface area contributed by atoms with Crippen LogP contribution in [0.4, 0.5) is 0 Å². The van der Waals surface area contributed by atoms with Gasteiger partial charge in [0.2, 0.25) is 5.91 Å². The number of nitrogens with two attached hydrogens (primary N) is 1. The number of carbonyl (C=O) groups excluding carboxylic acids is 2. The molecule has 5 heteroatoms. The number of carbonyl (C=O) groups is 2. The number of hydrogen-bond acceptors (Lipinski definition) is 4. The van der Waals surface area contributed by atoms with E-state index in [9.17, 15) is 9.59 Å². The van der Waals surface area contributed by atoms with Crippen LogP contribution in [0.3, 0.4) is 0 Å². The Morgan fingerprint density at radius 1 is 1.17 bits per heavy atom. The number of amides is 1. The van der Waals surface area contributed by atoms with Gasteiger partial charge in [-0.25, -0.2) is 0 Å². The molecule has 0 aromatic heterocycles. The molecule has 0 spiro atoms. The zero-order valence-electron chi connectivity index (χ0n) is 10.3. The Kier molecular flexibility index (Phi) is 5.70. The third-order valence-corrected chi connectivity index (χ3v) is 2.21. The summed E-state index contributed by atoms with van der Waals surface area (Å²) in [7, 11) is 0. The summed E-state index contributed by atoms with van der Waals surface area (Å²) in [4.78, 5) is 21.9. The third kappa shape index (κ3) is 4.86. The molecule has 0 saturated carbocycles. The molecule has 0 unspecified atom stereocenters. The molecule has 0 heterocycles. The summed E-state index contributed by atoms with van der Waals surface area (Å²) < 4.78 is 10.3. The summed E-state index contributed by atoms with van der Waals surface area (Å²) >= 11 is 0. The van der Waals surface area contributed by atoms with Crippen molar-refractivity contribution in [3.05, 3.63) is 29.8 Å². The van der Waals surface area contributed by atoms with Gasteiger partial charge >= 0.3 is 5.97 Å². The first-order valence-electron chi connectivity index (χ1n) is 5.81. The molecule has 5 nitrogen and oxygen atoms in total. The van der Waals surface area contributed by atoms with Crippen molar-refractivity contribution in [3.8, 4) is 5.75 Å². The van der Waals surface area contributed by atoms with Gasteiger partial charge in [-0.1, -0.05) is 6.92 Å². The van der Waals surface area contributed by atoms with Crippen molar-refractivity contribution >= 4 is 11.9 Å².